The van der Waals surface area contributed by atoms with E-state index in [2.05, 4.69) is 5.32 Å². The van der Waals surface area contributed by atoms with Crippen LogP contribution in [0, 0.1) is 0 Å². The lowest BCUT2D eigenvalue weighted by Crippen LogP contribution is -2.38. The minimum Gasteiger partial charge on any atom is -0.507 e. The summed E-state index contributed by atoms with van der Waals surface area (Å²) < 4.78 is 0. The van der Waals surface area contributed by atoms with Crippen molar-refractivity contribution >= 4 is 11.9 Å². The fourth-order valence-electron chi connectivity index (χ4n) is 1.00. The molecule has 1 atom stereocenters. The zero-order valence-electron chi connectivity index (χ0n) is 8.10. The Balaban J connectivity index is 2.78. The number of phenols is 1. The summed E-state index contributed by atoms with van der Waals surface area (Å²) in [5, 5.41) is 20.1. The fraction of sp³-hybridized carbons (Fsp3) is 0.200. The van der Waals surface area contributed by atoms with Crippen LogP contribution < -0.4 is 5.32 Å². The van der Waals surface area contributed by atoms with Gasteiger partial charge in [0, 0.05) is 0 Å². The summed E-state index contributed by atoms with van der Waals surface area (Å²) in [4.78, 5) is 21.9. The van der Waals surface area contributed by atoms with E-state index in [9.17, 15) is 14.7 Å². The molecular weight excluding hydrogens is 198 g/mol. The summed E-state index contributed by atoms with van der Waals surface area (Å²) in [6.07, 6.45) is 0. The van der Waals surface area contributed by atoms with Gasteiger partial charge in [0.05, 0.1) is 5.56 Å². The third-order valence-electron chi connectivity index (χ3n) is 1.87. The van der Waals surface area contributed by atoms with Crippen LogP contribution >= 0.6 is 0 Å². The molecule has 0 aromatic heterocycles. The van der Waals surface area contributed by atoms with Crippen molar-refractivity contribution in [2.75, 3.05) is 0 Å². The second-order valence-corrected chi connectivity index (χ2v) is 3.05. The Bertz CT molecular complexity index is 389. The third kappa shape index (κ3) is 2.70. The number of carbonyl (C=O) groups excluding carboxylic acids is 1. The monoisotopic (exact) mass is 209 g/mol. The lowest BCUT2D eigenvalue weighted by Gasteiger charge is -2.09. The highest BCUT2D eigenvalue weighted by Gasteiger charge is 2.16. The summed E-state index contributed by atoms with van der Waals surface area (Å²) in [5.41, 5.74) is 0.0607. The van der Waals surface area contributed by atoms with E-state index in [1.54, 1.807) is 12.1 Å². The van der Waals surface area contributed by atoms with Gasteiger partial charge in [-0.05, 0) is 19.1 Å². The normalized spacial score (nSPS) is 11.8. The minimum absolute atomic E-state index is 0.0607. The summed E-state index contributed by atoms with van der Waals surface area (Å²) in [7, 11) is 0. The van der Waals surface area contributed by atoms with Gasteiger partial charge in [0.1, 0.15) is 11.8 Å². The van der Waals surface area contributed by atoms with Crippen LogP contribution in [0.1, 0.15) is 17.3 Å². The van der Waals surface area contributed by atoms with Gasteiger partial charge in [-0.1, -0.05) is 12.1 Å². The topological polar surface area (TPSA) is 86.6 Å². The second kappa shape index (κ2) is 4.45. The van der Waals surface area contributed by atoms with E-state index in [-0.39, 0.29) is 11.3 Å². The molecule has 1 amide bonds. The molecule has 0 unspecified atom stereocenters. The predicted octanol–water partition coefficient (Wildman–Crippen LogP) is 0.595. The van der Waals surface area contributed by atoms with Crippen molar-refractivity contribution in [3.05, 3.63) is 29.8 Å². The van der Waals surface area contributed by atoms with Crippen molar-refractivity contribution in [2.24, 2.45) is 0 Å². The Labute approximate surface area is 86.4 Å². The number of benzene rings is 1. The third-order valence-corrected chi connectivity index (χ3v) is 1.87. The number of phenolic OH excluding ortho intramolecular Hbond substituents is 1. The Hall–Kier alpha value is -2.04. The molecule has 0 aliphatic carbocycles. The fourth-order valence-corrected chi connectivity index (χ4v) is 1.00. The van der Waals surface area contributed by atoms with Gasteiger partial charge >= 0.3 is 5.97 Å². The van der Waals surface area contributed by atoms with Gasteiger partial charge in [-0.2, -0.15) is 0 Å². The number of carbonyl (C=O) groups is 2. The number of aliphatic carboxylic acids is 1. The van der Waals surface area contributed by atoms with Gasteiger partial charge in [0.15, 0.2) is 0 Å². The molecule has 0 bridgehead atoms. The van der Waals surface area contributed by atoms with Crippen LogP contribution in [0.5, 0.6) is 5.75 Å². The quantitative estimate of drug-likeness (QED) is 0.680. The average Bonchev–Trinajstić information content (AvgIpc) is 2.18. The number of amides is 1. The van der Waals surface area contributed by atoms with E-state index in [1.807, 2.05) is 0 Å². The number of hydrogen-bond acceptors (Lipinski definition) is 3. The molecule has 5 heteroatoms. The van der Waals surface area contributed by atoms with Gasteiger partial charge in [-0.15, -0.1) is 0 Å². The van der Waals surface area contributed by atoms with Gasteiger partial charge in [0.2, 0.25) is 0 Å². The Morgan fingerprint density at radius 3 is 2.47 bits per heavy atom. The van der Waals surface area contributed by atoms with Crippen molar-refractivity contribution in [3.63, 3.8) is 0 Å². The van der Waals surface area contributed by atoms with Crippen LogP contribution in [0.3, 0.4) is 0 Å². The number of para-hydroxylation sites is 1. The lowest BCUT2D eigenvalue weighted by molar-refractivity contribution is -0.138. The number of aromatic hydroxyl groups is 1. The molecule has 80 valence electrons. The van der Waals surface area contributed by atoms with E-state index in [1.165, 1.54) is 19.1 Å². The molecule has 0 aliphatic heterocycles. The SMILES string of the molecule is C[C@H](NC(=O)c1ccccc1O)C(=O)O. The smallest absolute Gasteiger partial charge is 0.325 e. The molecule has 0 radical (unpaired) electrons. The van der Waals surface area contributed by atoms with E-state index in [0.717, 1.165) is 0 Å². The lowest BCUT2D eigenvalue weighted by atomic mass is 10.2. The van der Waals surface area contributed by atoms with Crippen LogP contribution in [-0.4, -0.2) is 28.1 Å². The highest BCUT2D eigenvalue weighted by molar-refractivity contribution is 5.98. The van der Waals surface area contributed by atoms with Gasteiger partial charge in [-0.25, -0.2) is 0 Å². The van der Waals surface area contributed by atoms with Gasteiger partial charge in [-0.3, -0.25) is 9.59 Å². The van der Waals surface area contributed by atoms with Crippen molar-refractivity contribution in [1.82, 2.24) is 5.32 Å². The van der Waals surface area contributed by atoms with Crippen LogP contribution in [0.4, 0.5) is 0 Å². The van der Waals surface area contributed by atoms with Gasteiger partial charge < -0.3 is 15.5 Å². The molecule has 0 saturated heterocycles. The summed E-state index contributed by atoms with van der Waals surface area (Å²) in [5.74, 6) is -1.91. The van der Waals surface area contributed by atoms with E-state index in [4.69, 9.17) is 5.11 Å². The highest BCUT2D eigenvalue weighted by Crippen LogP contribution is 2.15. The number of carboxylic acid groups (broad SMARTS) is 1. The molecule has 1 rings (SSSR count). The maximum Gasteiger partial charge on any atom is 0.325 e. The molecule has 0 heterocycles. The average molecular weight is 209 g/mol. The maximum absolute atomic E-state index is 11.4. The molecule has 0 spiro atoms. The number of hydrogen-bond donors (Lipinski definition) is 3. The highest BCUT2D eigenvalue weighted by atomic mass is 16.4. The molecule has 3 N–H and O–H groups in total. The Morgan fingerprint density at radius 1 is 1.33 bits per heavy atom. The maximum atomic E-state index is 11.4. The number of rotatable bonds is 3. The van der Waals surface area contributed by atoms with Crippen LogP contribution in [0.2, 0.25) is 0 Å². The molecule has 0 aliphatic rings. The van der Waals surface area contributed by atoms with Crippen LogP contribution in [0.25, 0.3) is 0 Å². The van der Waals surface area contributed by atoms with Crippen molar-refractivity contribution in [3.8, 4) is 5.75 Å². The summed E-state index contributed by atoms with van der Waals surface area (Å²) >= 11 is 0. The largest absolute Gasteiger partial charge is 0.507 e. The Kier molecular flexibility index (Phi) is 3.28. The molecule has 1 aromatic rings. The molecular formula is C10H11NO4. The predicted molar refractivity (Wildman–Crippen MR) is 52.7 cm³/mol. The number of nitrogens with one attached hydrogen (secondary N) is 1. The summed E-state index contributed by atoms with van der Waals surface area (Å²) in [6, 6.07) is 4.95. The van der Waals surface area contributed by atoms with E-state index in [0.29, 0.717) is 0 Å². The van der Waals surface area contributed by atoms with Crippen molar-refractivity contribution in [2.45, 2.75) is 13.0 Å². The molecule has 0 fully saturated rings. The second-order valence-electron chi connectivity index (χ2n) is 3.05. The first-order chi connectivity index (χ1) is 7.02. The minimum atomic E-state index is -1.13. The first kappa shape index (κ1) is 11.0. The Morgan fingerprint density at radius 2 is 1.93 bits per heavy atom. The first-order valence-electron chi connectivity index (χ1n) is 4.34. The molecule has 15 heavy (non-hydrogen) atoms. The summed E-state index contributed by atoms with van der Waals surface area (Å²) in [6.45, 7) is 1.35. The number of carboxylic acids is 1. The zero-order valence-corrected chi connectivity index (χ0v) is 8.10. The molecule has 5 nitrogen and oxygen atoms in total. The van der Waals surface area contributed by atoms with Gasteiger partial charge in [0.25, 0.3) is 5.91 Å². The van der Waals surface area contributed by atoms with E-state index >= 15 is 0 Å². The standard InChI is InChI=1S/C10H11NO4/c1-6(10(14)15)11-9(13)7-4-2-3-5-8(7)12/h2-6,12H,1H3,(H,11,13)(H,14,15)/t6-/m0/s1. The molecule has 1 aromatic carbocycles. The van der Waals surface area contributed by atoms with Crippen molar-refractivity contribution in [1.29, 1.82) is 0 Å². The zero-order chi connectivity index (χ0) is 11.4. The first-order valence-corrected chi connectivity index (χ1v) is 4.34. The van der Waals surface area contributed by atoms with Crippen LogP contribution in [0.15, 0.2) is 24.3 Å². The van der Waals surface area contributed by atoms with Crippen molar-refractivity contribution < 1.29 is 19.8 Å². The van der Waals surface area contributed by atoms with E-state index < -0.39 is 17.9 Å². The molecule has 0 saturated carbocycles. The van der Waals surface area contributed by atoms with Crippen LogP contribution in [-0.2, 0) is 4.79 Å².